The highest BCUT2D eigenvalue weighted by molar-refractivity contribution is 6.07. The topological polar surface area (TPSA) is 77.1 Å². The lowest BCUT2D eigenvalue weighted by Crippen LogP contribution is -2.25. The Kier molecular flexibility index (Phi) is 4.03. The third kappa shape index (κ3) is 2.52. The highest BCUT2D eigenvalue weighted by atomic mass is 16.3. The van der Waals surface area contributed by atoms with Crippen molar-refractivity contribution in [3.63, 3.8) is 0 Å². The Hall–Kier alpha value is -3.41. The van der Waals surface area contributed by atoms with E-state index < -0.39 is 0 Å². The molecule has 3 aromatic heterocycles. The first-order chi connectivity index (χ1) is 13.0. The Morgan fingerprint density at radius 3 is 2.63 bits per heavy atom. The number of nitrogens with zero attached hydrogens (tertiary/aromatic N) is 3. The molecular formula is C21H19N3O3. The molecule has 27 heavy (non-hydrogen) atoms. The van der Waals surface area contributed by atoms with Gasteiger partial charge in [-0.1, -0.05) is 37.3 Å². The fourth-order valence-electron chi connectivity index (χ4n) is 3.71. The Bertz CT molecular complexity index is 1240. The van der Waals surface area contributed by atoms with E-state index >= 15 is 0 Å². The standard InChI is InChI=1S/C21H19N3O3/c1-3-15-20(26)18-19(23(15)2)14-11-22-10-9-16(14)24(21(18)27)12-17(25)13-7-5-4-6-8-13/h4-11,26H,3,12H2,1-2H3. The third-order valence-corrected chi connectivity index (χ3v) is 5.02. The van der Waals surface area contributed by atoms with Gasteiger partial charge in [0, 0.05) is 30.4 Å². The second-order valence-corrected chi connectivity index (χ2v) is 6.50. The molecule has 0 aliphatic carbocycles. The van der Waals surface area contributed by atoms with Crippen molar-refractivity contribution in [2.45, 2.75) is 19.9 Å². The van der Waals surface area contributed by atoms with Crippen molar-refractivity contribution in [2.75, 3.05) is 0 Å². The van der Waals surface area contributed by atoms with Crippen molar-refractivity contribution >= 4 is 27.6 Å². The molecule has 0 atom stereocenters. The average Bonchev–Trinajstić information content (AvgIpc) is 2.95. The molecule has 0 aliphatic rings. The Labute approximate surface area is 155 Å². The molecule has 4 aromatic rings. The van der Waals surface area contributed by atoms with Crippen LogP contribution in [0, 0.1) is 0 Å². The predicted molar refractivity (Wildman–Crippen MR) is 104 cm³/mol. The highest BCUT2D eigenvalue weighted by Crippen LogP contribution is 2.33. The fraction of sp³-hybridized carbons (Fsp3) is 0.190. The summed E-state index contributed by atoms with van der Waals surface area (Å²) in [7, 11) is 1.83. The summed E-state index contributed by atoms with van der Waals surface area (Å²) in [6, 6.07) is 10.6. The van der Waals surface area contributed by atoms with Crippen molar-refractivity contribution in [1.29, 1.82) is 0 Å². The van der Waals surface area contributed by atoms with Crippen molar-refractivity contribution < 1.29 is 9.90 Å². The van der Waals surface area contributed by atoms with Gasteiger partial charge in [-0.05, 0) is 12.5 Å². The zero-order valence-electron chi connectivity index (χ0n) is 15.1. The van der Waals surface area contributed by atoms with E-state index in [0.717, 1.165) is 5.39 Å². The minimum atomic E-state index is -0.374. The number of hydrogen-bond donors (Lipinski definition) is 1. The van der Waals surface area contributed by atoms with E-state index in [1.54, 1.807) is 42.7 Å². The molecule has 0 saturated carbocycles. The van der Waals surface area contributed by atoms with Crippen molar-refractivity contribution in [3.8, 4) is 5.75 Å². The van der Waals surface area contributed by atoms with Crippen LogP contribution < -0.4 is 5.56 Å². The minimum Gasteiger partial charge on any atom is -0.505 e. The summed E-state index contributed by atoms with van der Waals surface area (Å²) in [5.41, 5.74) is 2.11. The van der Waals surface area contributed by atoms with Gasteiger partial charge in [0.15, 0.2) is 5.78 Å². The van der Waals surface area contributed by atoms with Crippen LogP contribution in [0.3, 0.4) is 0 Å². The summed E-state index contributed by atoms with van der Waals surface area (Å²) >= 11 is 0. The van der Waals surface area contributed by atoms with Gasteiger partial charge in [-0.25, -0.2) is 0 Å². The van der Waals surface area contributed by atoms with E-state index in [2.05, 4.69) is 4.98 Å². The van der Waals surface area contributed by atoms with E-state index in [4.69, 9.17) is 0 Å². The number of hydrogen-bond acceptors (Lipinski definition) is 4. The predicted octanol–water partition coefficient (Wildman–Crippen LogP) is 3.04. The largest absolute Gasteiger partial charge is 0.505 e. The second kappa shape index (κ2) is 6.39. The van der Waals surface area contributed by atoms with Crippen molar-refractivity contribution in [2.24, 2.45) is 7.05 Å². The number of aromatic hydroxyl groups is 1. The minimum absolute atomic E-state index is 0.0216. The molecule has 0 saturated heterocycles. The summed E-state index contributed by atoms with van der Waals surface area (Å²) in [5, 5.41) is 11.6. The Morgan fingerprint density at radius 2 is 1.93 bits per heavy atom. The number of fused-ring (bicyclic) bond motifs is 3. The van der Waals surface area contributed by atoms with Gasteiger partial charge in [0.05, 0.1) is 23.3 Å². The molecule has 0 radical (unpaired) electrons. The lowest BCUT2D eigenvalue weighted by molar-refractivity contribution is 0.0972. The summed E-state index contributed by atoms with van der Waals surface area (Å²) in [6.45, 7) is 1.82. The van der Waals surface area contributed by atoms with E-state index in [-0.39, 0.29) is 29.0 Å². The quantitative estimate of drug-likeness (QED) is 0.567. The Balaban J connectivity index is 2.03. The monoisotopic (exact) mass is 361 g/mol. The number of ketones is 1. The van der Waals surface area contributed by atoms with Crippen LogP contribution >= 0.6 is 0 Å². The molecule has 6 nitrogen and oxygen atoms in total. The fourth-order valence-corrected chi connectivity index (χ4v) is 3.71. The third-order valence-electron chi connectivity index (χ3n) is 5.02. The number of pyridine rings is 2. The molecule has 3 heterocycles. The molecule has 0 fully saturated rings. The van der Waals surface area contributed by atoms with E-state index in [9.17, 15) is 14.7 Å². The molecule has 0 amide bonds. The van der Waals surface area contributed by atoms with Crippen LogP contribution in [0.5, 0.6) is 5.75 Å². The van der Waals surface area contributed by atoms with Gasteiger partial charge in [0.25, 0.3) is 5.56 Å². The zero-order valence-corrected chi connectivity index (χ0v) is 15.1. The maximum absolute atomic E-state index is 13.2. The number of benzene rings is 1. The number of carbonyl (C=O) groups excluding carboxylic acids is 1. The molecule has 4 rings (SSSR count). The highest BCUT2D eigenvalue weighted by Gasteiger charge is 2.22. The van der Waals surface area contributed by atoms with Crippen LogP contribution in [0.25, 0.3) is 21.8 Å². The summed E-state index contributed by atoms with van der Waals surface area (Å²) in [5.74, 6) is -0.187. The molecule has 0 bridgehead atoms. The lowest BCUT2D eigenvalue weighted by atomic mass is 10.1. The van der Waals surface area contributed by atoms with Gasteiger partial charge in [-0.2, -0.15) is 0 Å². The number of rotatable bonds is 4. The van der Waals surface area contributed by atoms with Crippen molar-refractivity contribution in [1.82, 2.24) is 14.1 Å². The van der Waals surface area contributed by atoms with Crippen LogP contribution in [0.2, 0.25) is 0 Å². The van der Waals surface area contributed by atoms with Crippen LogP contribution in [0.4, 0.5) is 0 Å². The van der Waals surface area contributed by atoms with Gasteiger partial charge in [-0.15, -0.1) is 0 Å². The van der Waals surface area contributed by atoms with Crippen molar-refractivity contribution in [3.05, 3.63) is 70.4 Å². The van der Waals surface area contributed by atoms with Crippen LogP contribution in [0.1, 0.15) is 23.0 Å². The summed E-state index contributed by atoms with van der Waals surface area (Å²) in [6.07, 6.45) is 3.85. The average molecular weight is 361 g/mol. The maximum Gasteiger partial charge on any atom is 0.264 e. The molecule has 6 heteroatoms. The van der Waals surface area contributed by atoms with Crippen LogP contribution in [0.15, 0.2) is 53.6 Å². The van der Waals surface area contributed by atoms with Gasteiger partial charge in [0.1, 0.15) is 11.1 Å². The van der Waals surface area contributed by atoms with E-state index in [0.29, 0.717) is 28.7 Å². The molecule has 1 N–H and O–H groups in total. The smallest absolute Gasteiger partial charge is 0.264 e. The first-order valence-corrected chi connectivity index (χ1v) is 8.79. The van der Waals surface area contributed by atoms with Gasteiger partial charge in [0.2, 0.25) is 0 Å². The van der Waals surface area contributed by atoms with E-state index in [1.165, 1.54) is 4.57 Å². The number of aryl methyl sites for hydroxylation is 1. The van der Waals surface area contributed by atoms with Gasteiger partial charge in [-0.3, -0.25) is 19.1 Å². The zero-order chi connectivity index (χ0) is 19.1. The first-order valence-electron chi connectivity index (χ1n) is 8.79. The second-order valence-electron chi connectivity index (χ2n) is 6.50. The van der Waals surface area contributed by atoms with Crippen LogP contribution in [-0.2, 0) is 20.0 Å². The van der Waals surface area contributed by atoms with Gasteiger partial charge < -0.3 is 9.67 Å². The summed E-state index contributed by atoms with van der Waals surface area (Å²) < 4.78 is 3.26. The lowest BCUT2D eigenvalue weighted by Gasteiger charge is -2.11. The first kappa shape index (κ1) is 17.0. The molecule has 1 aromatic carbocycles. The van der Waals surface area contributed by atoms with Crippen LogP contribution in [-0.4, -0.2) is 25.0 Å². The number of carbonyl (C=O) groups is 1. The SMILES string of the molecule is CCc1c(O)c2c(=O)n(CC(=O)c3ccccc3)c3ccncc3c2n1C. The molecule has 136 valence electrons. The maximum atomic E-state index is 13.2. The number of aromatic nitrogens is 3. The molecular weight excluding hydrogens is 342 g/mol. The van der Waals surface area contributed by atoms with E-state index in [1.807, 2.05) is 24.6 Å². The number of Topliss-reactive ketones (excluding diaryl/α,β-unsaturated/α-hetero) is 1. The molecule has 0 unspecified atom stereocenters. The summed E-state index contributed by atoms with van der Waals surface area (Å²) in [4.78, 5) is 30.1. The Morgan fingerprint density at radius 1 is 1.19 bits per heavy atom. The normalized spacial score (nSPS) is 11.3. The molecule has 0 aliphatic heterocycles. The van der Waals surface area contributed by atoms with Gasteiger partial charge >= 0.3 is 0 Å². The molecule has 0 spiro atoms.